The number of Topliss-reactive ketones (excluding diaryl/α,β-unsaturated/α-hetero) is 1. The van der Waals surface area contributed by atoms with Crippen LogP contribution in [0.2, 0.25) is 0 Å². The Bertz CT molecular complexity index is 1130. The van der Waals surface area contributed by atoms with Crippen LogP contribution in [0.4, 0.5) is 17.6 Å². The van der Waals surface area contributed by atoms with Gasteiger partial charge in [-0.2, -0.15) is 13.2 Å². The normalized spacial score (nSPS) is 12.2. The summed E-state index contributed by atoms with van der Waals surface area (Å²) in [6.45, 7) is 0. The molecule has 28 heavy (non-hydrogen) atoms. The first-order valence-electron chi connectivity index (χ1n) is 7.65. The second-order valence-electron chi connectivity index (χ2n) is 5.83. The van der Waals surface area contributed by atoms with E-state index in [4.69, 9.17) is 0 Å². The summed E-state index contributed by atoms with van der Waals surface area (Å²) in [6, 6.07) is 10.4. The van der Waals surface area contributed by atoms with Crippen LogP contribution >= 0.6 is 11.3 Å². The average molecular weight is 429 g/mol. The Morgan fingerprint density at radius 3 is 2.00 bits per heavy atom. The van der Waals surface area contributed by atoms with Gasteiger partial charge in [0.1, 0.15) is 5.82 Å². The van der Waals surface area contributed by atoms with Crippen LogP contribution in [0.25, 0.3) is 21.7 Å². The number of nitrogens with zero attached hydrogens (tertiary/aromatic N) is 1. The second kappa shape index (κ2) is 7.10. The van der Waals surface area contributed by atoms with E-state index in [0.717, 1.165) is 18.4 Å². The number of sulfone groups is 1. The number of carbonyl (C=O) groups excluding carboxylic acids is 1. The smallest absolute Gasteiger partial charge is 0.281 e. The number of benzene rings is 2. The van der Waals surface area contributed by atoms with E-state index in [1.165, 1.54) is 36.4 Å². The van der Waals surface area contributed by atoms with Crippen molar-refractivity contribution in [3.8, 4) is 21.7 Å². The Morgan fingerprint density at radius 2 is 1.50 bits per heavy atom. The van der Waals surface area contributed by atoms with Gasteiger partial charge in [-0.3, -0.25) is 4.79 Å². The molecule has 3 aromatic rings. The van der Waals surface area contributed by atoms with Gasteiger partial charge >= 0.3 is 6.18 Å². The fraction of sp³-hybridized carbons (Fsp3) is 0.111. The third kappa shape index (κ3) is 4.12. The molecule has 0 saturated carbocycles. The second-order valence-corrected chi connectivity index (χ2v) is 8.84. The van der Waals surface area contributed by atoms with Gasteiger partial charge in [-0.05, 0) is 29.8 Å². The number of thiazole rings is 1. The molecule has 1 heterocycles. The quantitative estimate of drug-likeness (QED) is 0.443. The molecule has 0 spiro atoms. The Kier molecular flexibility index (Phi) is 5.11. The highest BCUT2D eigenvalue weighted by Crippen LogP contribution is 2.39. The summed E-state index contributed by atoms with van der Waals surface area (Å²) in [4.78, 5) is 15.7. The summed E-state index contributed by atoms with van der Waals surface area (Å²) in [5.41, 5.74) is 0.774. The standard InChI is InChI=1S/C18H11F4NO3S2/c1-28(25,26)13-8-4-10(5-9-13)14-15(11-2-6-12(19)7-3-11)27-17(23-14)16(24)18(20,21)22/h2-9H,1H3. The van der Waals surface area contributed by atoms with Crippen LogP contribution in [-0.4, -0.2) is 31.6 Å². The number of halogens is 4. The van der Waals surface area contributed by atoms with E-state index in [1.807, 2.05) is 0 Å². The minimum atomic E-state index is -5.09. The van der Waals surface area contributed by atoms with Crippen LogP contribution in [0.5, 0.6) is 0 Å². The molecule has 0 radical (unpaired) electrons. The molecule has 2 aromatic carbocycles. The van der Waals surface area contributed by atoms with Crippen molar-refractivity contribution in [2.24, 2.45) is 0 Å². The highest BCUT2D eigenvalue weighted by molar-refractivity contribution is 7.90. The van der Waals surface area contributed by atoms with Crippen molar-refractivity contribution in [1.29, 1.82) is 0 Å². The molecule has 0 bridgehead atoms. The van der Waals surface area contributed by atoms with Crippen LogP contribution < -0.4 is 0 Å². The van der Waals surface area contributed by atoms with E-state index in [9.17, 15) is 30.8 Å². The molecule has 0 atom stereocenters. The Labute approximate surface area is 161 Å². The van der Waals surface area contributed by atoms with E-state index in [2.05, 4.69) is 4.98 Å². The monoisotopic (exact) mass is 429 g/mol. The van der Waals surface area contributed by atoms with Gasteiger partial charge in [-0.1, -0.05) is 24.3 Å². The van der Waals surface area contributed by atoms with Gasteiger partial charge in [0.15, 0.2) is 14.8 Å². The van der Waals surface area contributed by atoms with E-state index >= 15 is 0 Å². The third-order valence-electron chi connectivity index (χ3n) is 3.74. The Morgan fingerprint density at radius 1 is 0.964 bits per heavy atom. The Hall–Kier alpha value is -2.59. The first kappa shape index (κ1) is 20.2. The van der Waals surface area contributed by atoms with Crippen LogP contribution in [0.3, 0.4) is 0 Å². The van der Waals surface area contributed by atoms with Crippen molar-refractivity contribution >= 4 is 27.0 Å². The van der Waals surface area contributed by atoms with Gasteiger partial charge < -0.3 is 0 Å². The molecule has 0 aliphatic heterocycles. The van der Waals surface area contributed by atoms with Gasteiger partial charge in [-0.15, -0.1) is 11.3 Å². The van der Waals surface area contributed by atoms with Crippen molar-refractivity contribution in [2.45, 2.75) is 11.1 Å². The largest absolute Gasteiger partial charge is 0.457 e. The predicted molar refractivity (Wildman–Crippen MR) is 96.4 cm³/mol. The fourth-order valence-corrected chi connectivity index (χ4v) is 4.07. The summed E-state index contributed by atoms with van der Waals surface area (Å²) >= 11 is 0.537. The molecule has 0 amide bonds. The topological polar surface area (TPSA) is 64.1 Å². The lowest BCUT2D eigenvalue weighted by Gasteiger charge is -2.04. The molecule has 10 heteroatoms. The highest BCUT2D eigenvalue weighted by Gasteiger charge is 2.42. The van der Waals surface area contributed by atoms with Crippen LogP contribution in [0.1, 0.15) is 9.80 Å². The maximum absolute atomic E-state index is 13.2. The molecule has 0 aliphatic carbocycles. The molecule has 0 N–H and O–H groups in total. The minimum Gasteiger partial charge on any atom is -0.281 e. The van der Waals surface area contributed by atoms with Crippen LogP contribution in [0, 0.1) is 5.82 Å². The van der Waals surface area contributed by atoms with E-state index in [1.54, 1.807) is 0 Å². The molecular weight excluding hydrogens is 418 g/mol. The Balaban J connectivity index is 2.17. The number of hydrogen-bond donors (Lipinski definition) is 0. The highest BCUT2D eigenvalue weighted by atomic mass is 32.2. The zero-order valence-corrected chi connectivity index (χ0v) is 15.8. The summed E-state index contributed by atoms with van der Waals surface area (Å²) in [5.74, 6) is -2.61. The van der Waals surface area contributed by atoms with Crippen molar-refractivity contribution < 1.29 is 30.8 Å². The first-order valence-corrected chi connectivity index (χ1v) is 10.4. The molecule has 3 rings (SSSR count). The number of aromatic nitrogens is 1. The number of alkyl halides is 3. The lowest BCUT2D eigenvalue weighted by atomic mass is 10.1. The molecule has 0 saturated heterocycles. The van der Waals surface area contributed by atoms with E-state index in [-0.39, 0.29) is 15.5 Å². The summed E-state index contributed by atoms with van der Waals surface area (Å²) in [7, 11) is -3.46. The van der Waals surface area contributed by atoms with Gasteiger partial charge in [0, 0.05) is 11.8 Å². The van der Waals surface area contributed by atoms with Gasteiger partial charge in [0.2, 0.25) is 0 Å². The first-order chi connectivity index (χ1) is 13.0. The molecule has 0 unspecified atom stereocenters. The van der Waals surface area contributed by atoms with Crippen LogP contribution in [-0.2, 0) is 9.84 Å². The molecule has 0 fully saturated rings. The summed E-state index contributed by atoms with van der Waals surface area (Å²) in [5, 5.41) is -0.756. The van der Waals surface area contributed by atoms with Crippen molar-refractivity contribution in [1.82, 2.24) is 4.98 Å². The van der Waals surface area contributed by atoms with Crippen molar-refractivity contribution in [3.05, 3.63) is 59.4 Å². The fourth-order valence-electron chi connectivity index (χ4n) is 2.39. The molecule has 0 aliphatic rings. The maximum atomic E-state index is 13.2. The number of hydrogen-bond acceptors (Lipinski definition) is 5. The number of ketones is 1. The SMILES string of the molecule is CS(=O)(=O)c1ccc(-c2nc(C(=O)C(F)(F)F)sc2-c2ccc(F)cc2)cc1. The summed E-state index contributed by atoms with van der Waals surface area (Å²) < 4.78 is 74.8. The number of rotatable bonds is 4. The summed E-state index contributed by atoms with van der Waals surface area (Å²) in [6.07, 6.45) is -4.07. The average Bonchev–Trinajstić information content (AvgIpc) is 3.05. The lowest BCUT2D eigenvalue weighted by molar-refractivity contribution is -0.0885. The van der Waals surface area contributed by atoms with Gasteiger partial charge in [0.05, 0.1) is 15.5 Å². The van der Waals surface area contributed by atoms with Gasteiger partial charge in [-0.25, -0.2) is 17.8 Å². The molecule has 4 nitrogen and oxygen atoms in total. The maximum Gasteiger partial charge on any atom is 0.457 e. The number of carbonyl (C=O) groups is 1. The molecule has 146 valence electrons. The van der Waals surface area contributed by atoms with E-state index in [0.29, 0.717) is 22.5 Å². The van der Waals surface area contributed by atoms with Crippen molar-refractivity contribution in [3.63, 3.8) is 0 Å². The minimum absolute atomic E-state index is 0.0291. The zero-order valence-electron chi connectivity index (χ0n) is 14.1. The van der Waals surface area contributed by atoms with Crippen molar-refractivity contribution in [2.75, 3.05) is 6.26 Å². The predicted octanol–water partition coefficient (Wildman–Crippen LogP) is 4.76. The lowest BCUT2D eigenvalue weighted by Crippen LogP contribution is -2.22. The third-order valence-corrected chi connectivity index (χ3v) is 5.97. The van der Waals surface area contributed by atoms with E-state index < -0.39 is 32.6 Å². The molecular formula is C18H11F4NO3S2. The van der Waals surface area contributed by atoms with Gasteiger partial charge in [0.25, 0.3) is 5.78 Å². The zero-order chi connectivity index (χ0) is 20.7. The van der Waals surface area contributed by atoms with Crippen LogP contribution in [0.15, 0.2) is 53.4 Å². The molecule has 1 aromatic heterocycles.